The number of hydrogen-bond acceptors (Lipinski definition) is 5. The zero-order valence-corrected chi connectivity index (χ0v) is 19.1. The zero-order chi connectivity index (χ0) is 24.1. The van der Waals surface area contributed by atoms with Gasteiger partial charge in [-0.3, -0.25) is 19.3 Å². The van der Waals surface area contributed by atoms with Crippen LogP contribution in [0.1, 0.15) is 16.7 Å². The molecule has 1 saturated heterocycles. The van der Waals surface area contributed by atoms with Crippen molar-refractivity contribution in [2.75, 3.05) is 11.9 Å². The van der Waals surface area contributed by atoms with Crippen LogP contribution >= 0.6 is 11.8 Å². The van der Waals surface area contributed by atoms with Gasteiger partial charge in [-0.15, -0.1) is 0 Å². The molecule has 8 heteroatoms. The molecule has 1 N–H and O–H groups in total. The molecule has 6 nitrogen and oxygen atoms in total. The predicted molar refractivity (Wildman–Crippen MR) is 130 cm³/mol. The van der Waals surface area contributed by atoms with Crippen molar-refractivity contribution >= 4 is 40.6 Å². The first kappa shape index (κ1) is 23.3. The van der Waals surface area contributed by atoms with Gasteiger partial charge in [0.05, 0.1) is 11.4 Å². The van der Waals surface area contributed by atoms with E-state index in [1.807, 2.05) is 31.2 Å². The summed E-state index contributed by atoms with van der Waals surface area (Å²) in [7, 11) is 0. The summed E-state index contributed by atoms with van der Waals surface area (Å²) in [5.74, 6) is -0.634. The highest BCUT2D eigenvalue weighted by Crippen LogP contribution is 2.33. The summed E-state index contributed by atoms with van der Waals surface area (Å²) in [6, 6.07) is 20.0. The van der Waals surface area contributed by atoms with Crippen molar-refractivity contribution in [2.24, 2.45) is 0 Å². The van der Waals surface area contributed by atoms with E-state index in [9.17, 15) is 18.8 Å². The van der Waals surface area contributed by atoms with Crippen LogP contribution in [0.3, 0.4) is 0 Å². The van der Waals surface area contributed by atoms with E-state index in [-0.39, 0.29) is 35.0 Å². The van der Waals surface area contributed by atoms with Gasteiger partial charge in [-0.1, -0.05) is 42.0 Å². The Morgan fingerprint density at radius 1 is 1.06 bits per heavy atom. The summed E-state index contributed by atoms with van der Waals surface area (Å²) in [4.78, 5) is 38.7. The monoisotopic (exact) mass is 476 g/mol. The van der Waals surface area contributed by atoms with Crippen LogP contribution in [0.25, 0.3) is 6.08 Å². The van der Waals surface area contributed by atoms with E-state index in [4.69, 9.17) is 4.74 Å². The molecule has 172 valence electrons. The number of thioether (sulfide) groups is 1. The lowest BCUT2D eigenvalue weighted by Gasteiger charge is -2.12. The first-order chi connectivity index (χ1) is 16.4. The Kier molecular flexibility index (Phi) is 7.08. The third-order valence-corrected chi connectivity index (χ3v) is 5.90. The van der Waals surface area contributed by atoms with Gasteiger partial charge in [0.2, 0.25) is 0 Å². The number of benzene rings is 3. The van der Waals surface area contributed by atoms with Gasteiger partial charge in [0.15, 0.2) is 6.61 Å². The minimum Gasteiger partial charge on any atom is -0.484 e. The maximum Gasteiger partial charge on any atom is 0.293 e. The maximum atomic E-state index is 13.1. The molecule has 0 aromatic heterocycles. The molecule has 4 rings (SSSR count). The van der Waals surface area contributed by atoms with Crippen LogP contribution in [-0.4, -0.2) is 28.6 Å². The number of ether oxygens (including phenoxy) is 1. The maximum absolute atomic E-state index is 13.1. The van der Waals surface area contributed by atoms with Gasteiger partial charge in [-0.05, 0) is 72.3 Å². The zero-order valence-electron chi connectivity index (χ0n) is 18.3. The fourth-order valence-electron chi connectivity index (χ4n) is 3.24. The van der Waals surface area contributed by atoms with Crippen molar-refractivity contribution in [3.05, 3.63) is 100 Å². The summed E-state index contributed by atoms with van der Waals surface area (Å²) in [6.07, 6.45) is 1.61. The molecule has 1 fully saturated rings. The minimum absolute atomic E-state index is 0.0710. The Bertz CT molecular complexity index is 1260. The van der Waals surface area contributed by atoms with Gasteiger partial charge >= 0.3 is 0 Å². The minimum atomic E-state index is -0.414. The molecule has 0 bridgehead atoms. The summed E-state index contributed by atoms with van der Waals surface area (Å²) >= 11 is 0.845. The molecule has 3 aromatic rings. The average molecular weight is 477 g/mol. The van der Waals surface area contributed by atoms with E-state index >= 15 is 0 Å². The molecule has 1 aliphatic heterocycles. The Balaban J connectivity index is 1.38. The second kappa shape index (κ2) is 10.4. The quantitative estimate of drug-likeness (QED) is 0.463. The standard InChI is InChI=1S/C26H21FN2O4S/c1-17-5-11-21(12-6-17)28-24(30)16-33-22-4-2-3-19(13-22)14-23-25(31)29(26(32)34-23)15-18-7-9-20(27)10-8-18/h2-14H,15-16H2,1H3,(H,28,30)/b23-14-. The highest BCUT2D eigenvalue weighted by Gasteiger charge is 2.35. The number of rotatable bonds is 7. The lowest BCUT2D eigenvalue weighted by atomic mass is 10.2. The highest BCUT2D eigenvalue weighted by molar-refractivity contribution is 8.18. The van der Waals surface area contributed by atoms with Crippen molar-refractivity contribution in [3.8, 4) is 5.75 Å². The first-order valence-corrected chi connectivity index (χ1v) is 11.3. The van der Waals surface area contributed by atoms with Crippen LogP contribution in [0.2, 0.25) is 0 Å². The number of aryl methyl sites for hydroxylation is 1. The smallest absolute Gasteiger partial charge is 0.293 e. The van der Waals surface area contributed by atoms with E-state index in [0.29, 0.717) is 22.6 Å². The summed E-state index contributed by atoms with van der Waals surface area (Å²) in [6.45, 7) is 1.86. The van der Waals surface area contributed by atoms with Crippen LogP contribution in [0.15, 0.2) is 77.7 Å². The molecule has 1 aliphatic rings. The lowest BCUT2D eigenvalue weighted by molar-refractivity contribution is -0.123. The largest absolute Gasteiger partial charge is 0.484 e. The molecular weight excluding hydrogens is 455 g/mol. The van der Waals surface area contributed by atoms with Gasteiger partial charge in [0.25, 0.3) is 17.1 Å². The number of halogens is 1. The Hall–Kier alpha value is -3.91. The SMILES string of the molecule is Cc1ccc(NC(=O)COc2cccc(/C=C3\SC(=O)N(Cc4ccc(F)cc4)C3=O)c2)cc1. The van der Waals surface area contributed by atoms with Crippen LogP contribution in [0.4, 0.5) is 14.9 Å². The fraction of sp³-hybridized carbons (Fsp3) is 0.115. The third-order valence-electron chi connectivity index (χ3n) is 4.99. The molecule has 0 radical (unpaired) electrons. The topological polar surface area (TPSA) is 75.7 Å². The Labute approximate surface area is 200 Å². The van der Waals surface area contributed by atoms with E-state index in [1.54, 1.807) is 30.3 Å². The summed E-state index contributed by atoms with van der Waals surface area (Å²) in [5.41, 5.74) is 3.09. The number of carbonyl (C=O) groups excluding carboxylic acids is 3. The van der Waals surface area contributed by atoms with Gasteiger partial charge < -0.3 is 10.1 Å². The number of anilines is 1. The molecule has 0 spiro atoms. The van der Waals surface area contributed by atoms with Crippen LogP contribution in [-0.2, 0) is 16.1 Å². The molecule has 0 atom stereocenters. The summed E-state index contributed by atoms with van der Waals surface area (Å²) in [5, 5.41) is 2.38. The molecular formula is C26H21FN2O4S. The number of hydrogen-bond donors (Lipinski definition) is 1. The van der Waals surface area contributed by atoms with Gasteiger partial charge in [0, 0.05) is 5.69 Å². The molecule has 0 saturated carbocycles. The molecule has 3 amide bonds. The van der Waals surface area contributed by atoms with Crippen LogP contribution < -0.4 is 10.1 Å². The Morgan fingerprint density at radius 2 is 1.79 bits per heavy atom. The first-order valence-electron chi connectivity index (χ1n) is 10.5. The predicted octanol–water partition coefficient (Wildman–Crippen LogP) is 5.39. The van der Waals surface area contributed by atoms with Gasteiger partial charge in [0.1, 0.15) is 11.6 Å². The molecule has 0 aliphatic carbocycles. The molecule has 3 aromatic carbocycles. The van der Waals surface area contributed by atoms with Crippen molar-refractivity contribution in [3.63, 3.8) is 0 Å². The number of carbonyl (C=O) groups is 3. The van der Waals surface area contributed by atoms with E-state index < -0.39 is 5.91 Å². The average Bonchev–Trinajstić information content (AvgIpc) is 3.08. The third kappa shape index (κ3) is 5.90. The van der Waals surface area contributed by atoms with E-state index in [1.165, 1.54) is 24.3 Å². The molecule has 34 heavy (non-hydrogen) atoms. The van der Waals surface area contributed by atoms with Crippen LogP contribution in [0.5, 0.6) is 5.75 Å². The summed E-state index contributed by atoms with van der Waals surface area (Å²) < 4.78 is 18.7. The normalized spacial score (nSPS) is 14.5. The lowest BCUT2D eigenvalue weighted by Crippen LogP contribution is -2.27. The van der Waals surface area contributed by atoms with Gasteiger partial charge in [-0.2, -0.15) is 0 Å². The second-order valence-electron chi connectivity index (χ2n) is 7.67. The van der Waals surface area contributed by atoms with E-state index in [2.05, 4.69) is 5.32 Å². The van der Waals surface area contributed by atoms with Crippen LogP contribution in [0, 0.1) is 12.7 Å². The second-order valence-corrected chi connectivity index (χ2v) is 8.66. The Morgan fingerprint density at radius 3 is 2.53 bits per heavy atom. The number of amides is 3. The van der Waals surface area contributed by atoms with Crippen molar-refractivity contribution in [1.82, 2.24) is 4.90 Å². The van der Waals surface area contributed by atoms with Gasteiger partial charge in [-0.25, -0.2) is 4.39 Å². The van der Waals surface area contributed by atoms with Crippen molar-refractivity contribution in [2.45, 2.75) is 13.5 Å². The number of nitrogens with one attached hydrogen (secondary N) is 1. The number of imide groups is 1. The van der Waals surface area contributed by atoms with Crippen molar-refractivity contribution in [1.29, 1.82) is 0 Å². The fourth-order valence-corrected chi connectivity index (χ4v) is 4.08. The van der Waals surface area contributed by atoms with Crippen molar-refractivity contribution < 1.29 is 23.5 Å². The molecule has 1 heterocycles. The van der Waals surface area contributed by atoms with E-state index in [0.717, 1.165) is 22.2 Å². The highest BCUT2D eigenvalue weighted by atomic mass is 32.2. The molecule has 0 unspecified atom stereocenters. The number of nitrogens with zero attached hydrogens (tertiary/aromatic N) is 1.